The second-order valence-electron chi connectivity index (χ2n) is 6.44. The largest absolute Gasteiger partial charge is 0.347 e. The van der Waals surface area contributed by atoms with Gasteiger partial charge in [-0.3, -0.25) is 9.89 Å². The summed E-state index contributed by atoms with van der Waals surface area (Å²) >= 11 is 1.52. The number of aromatic nitrogens is 3. The Labute approximate surface area is 167 Å². The second kappa shape index (κ2) is 8.77. The van der Waals surface area contributed by atoms with Crippen LogP contribution in [0.1, 0.15) is 26.8 Å². The molecule has 0 unspecified atom stereocenters. The fourth-order valence-electron chi connectivity index (χ4n) is 2.96. The molecule has 0 aliphatic carbocycles. The first kappa shape index (κ1) is 18.3. The fourth-order valence-corrected chi connectivity index (χ4v) is 3.73. The molecule has 2 heterocycles. The van der Waals surface area contributed by atoms with Gasteiger partial charge in [0.25, 0.3) is 5.91 Å². The number of amides is 1. The van der Waals surface area contributed by atoms with Gasteiger partial charge in [0.15, 0.2) is 0 Å². The molecule has 0 atom stereocenters. The molecule has 0 aliphatic heterocycles. The van der Waals surface area contributed by atoms with E-state index in [2.05, 4.69) is 31.9 Å². The molecule has 2 aromatic heterocycles. The zero-order chi connectivity index (χ0) is 19.2. The number of para-hydroxylation sites is 1. The maximum absolute atomic E-state index is 12.2. The molecule has 2 aromatic carbocycles. The highest BCUT2D eigenvalue weighted by Crippen LogP contribution is 2.15. The van der Waals surface area contributed by atoms with Gasteiger partial charge in [0.1, 0.15) is 5.69 Å². The van der Waals surface area contributed by atoms with E-state index in [4.69, 9.17) is 0 Å². The van der Waals surface area contributed by atoms with Crippen LogP contribution in [0.15, 0.2) is 60.0 Å². The Hall–Kier alpha value is -3.03. The number of nitrogens with zero attached hydrogens (tertiary/aromatic N) is 2. The molecule has 0 fully saturated rings. The molecule has 0 aliphatic rings. The predicted molar refractivity (Wildman–Crippen MR) is 111 cm³/mol. The van der Waals surface area contributed by atoms with Crippen molar-refractivity contribution in [2.75, 3.05) is 6.54 Å². The predicted octanol–water partition coefficient (Wildman–Crippen LogP) is 3.28. The third-order valence-electron chi connectivity index (χ3n) is 4.44. The minimum Gasteiger partial charge on any atom is -0.347 e. The summed E-state index contributed by atoms with van der Waals surface area (Å²) in [6.07, 6.45) is 0.780. The van der Waals surface area contributed by atoms with Crippen LogP contribution in [-0.2, 0) is 19.5 Å². The van der Waals surface area contributed by atoms with E-state index in [1.807, 2.05) is 53.9 Å². The van der Waals surface area contributed by atoms with Gasteiger partial charge in [0.05, 0.1) is 16.2 Å². The summed E-state index contributed by atoms with van der Waals surface area (Å²) in [4.78, 5) is 16.7. The fraction of sp³-hybridized carbons (Fsp3) is 0.190. The van der Waals surface area contributed by atoms with Crippen molar-refractivity contribution < 1.29 is 4.79 Å². The maximum Gasteiger partial charge on any atom is 0.271 e. The zero-order valence-electron chi connectivity index (χ0n) is 15.3. The Balaban J connectivity index is 1.24. The topological polar surface area (TPSA) is 82.7 Å². The lowest BCUT2D eigenvalue weighted by Gasteiger charge is -2.03. The SMILES string of the molecule is O=C(NCc1ccccc1)c1csc(CCNCc2[nH]nc3ccccc23)n1. The Kier molecular flexibility index (Phi) is 5.75. The first-order valence-electron chi connectivity index (χ1n) is 9.19. The molecule has 7 heteroatoms. The van der Waals surface area contributed by atoms with E-state index in [9.17, 15) is 4.79 Å². The van der Waals surface area contributed by atoms with Crippen molar-refractivity contribution in [3.8, 4) is 0 Å². The number of nitrogens with one attached hydrogen (secondary N) is 3. The minimum atomic E-state index is -0.136. The van der Waals surface area contributed by atoms with Gasteiger partial charge < -0.3 is 10.6 Å². The van der Waals surface area contributed by atoms with Crippen LogP contribution in [0.2, 0.25) is 0 Å². The van der Waals surface area contributed by atoms with Gasteiger partial charge in [0.2, 0.25) is 0 Å². The number of thiazole rings is 1. The van der Waals surface area contributed by atoms with Gasteiger partial charge in [-0.05, 0) is 11.6 Å². The Bertz CT molecular complexity index is 1060. The number of benzene rings is 2. The number of hydrogen-bond donors (Lipinski definition) is 3. The molecule has 0 spiro atoms. The standard InChI is InChI=1S/C21H21N5OS/c27-21(23-12-15-6-2-1-3-7-15)19-14-28-20(24-19)10-11-22-13-18-16-8-4-5-9-17(16)25-26-18/h1-9,14,22H,10-13H2,(H,23,27)(H,25,26). The van der Waals surface area contributed by atoms with Crippen molar-refractivity contribution in [3.63, 3.8) is 0 Å². The molecule has 0 bridgehead atoms. The van der Waals surface area contributed by atoms with Gasteiger partial charge in [-0.1, -0.05) is 48.5 Å². The molecular formula is C21H21N5OS. The molecule has 6 nitrogen and oxygen atoms in total. The molecule has 142 valence electrons. The number of aromatic amines is 1. The van der Waals surface area contributed by atoms with Crippen LogP contribution in [0.4, 0.5) is 0 Å². The summed E-state index contributed by atoms with van der Waals surface area (Å²) in [6.45, 7) is 2.01. The van der Waals surface area contributed by atoms with E-state index in [1.54, 1.807) is 0 Å². The van der Waals surface area contributed by atoms with Crippen LogP contribution < -0.4 is 10.6 Å². The summed E-state index contributed by atoms with van der Waals surface area (Å²) in [6, 6.07) is 17.9. The lowest BCUT2D eigenvalue weighted by Crippen LogP contribution is -2.23. The van der Waals surface area contributed by atoms with Crippen molar-refractivity contribution in [2.24, 2.45) is 0 Å². The van der Waals surface area contributed by atoms with Crippen LogP contribution in [0.3, 0.4) is 0 Å². The highest BCUT2D eigenvalue weighted by molar-refractivity contribution is 7.09. The van der Waals surface area contributed by atoms with E-state index in [0.29, 0.717) is 12.2 Å². The smallest absolute Gasteiger partial charge is 0.271 e. The quantitative estimate of drug-likeness (QED) is 0.403. The summed E-state index contributed by atoms with van der Waals surface area (Å²) < 4.78 is 0. The third kappa shape index (κ3) is 4.44. The average Bonchev–Trinajstić information content (AvgIpc) is 3.38. The average molecular weight is 392 g/mol. The highest BCUT2D eigenvalue weighted by Gasteiger charge is 2.10. The molecule has 0 saturated heterocycles. The van der Waals surface area contributed by atoms with Gasteiger partial charge >= 0.3 is 0 Å². The monoisotopic (exact) mass is 391 g/mol. The summed E-state index contributed by atoms with van der Waals surface area (Å²) in [5.41, 5.74) is 3.61. The van der Waals surface area contributed by atoms with Crippen LogP contribution >= 0.6 is 11.3 Å². The molecular weight excluding hydrogens is 370 g/mol. The number of carbonyl (C=O) groups is 1. The van der Waals surface area contributed by atoms with Crippen molar-refractivity contribution >= 4 is 28.1 Å². The Morgan fingerprint density at radius 3 is 2.75 bits per heavy atom. The lowest BCUT2D eigenvalue weighted by molar-refractivity contribution is 0.0946. The Morgan fingerprint density at radius 2 is 1.86 bits per heavy atom. The van der Waals surface area contributed by atoms with Gasteiger partial charge in [-0.2, -0.15) is 5.10 Å². The van der Waals surface area contributed by atoms with Gasteiger partial charge in [-0.25, -0.2) is 4.98 Å². The van der Waals surface area contributed by atoms with Crippen LogP contribution in [-0.4, -0.2) is 27.6 Å². The van der Waals surface area contributed by atoms with E-state index in [0.717, 1.165) is 46.7 Å². The first-order valence-corrected chi connectivity index (χ1v) is 10.1. The van der Waals surface area contributed by atoms with Crippen LogP contribution in [0.25, 0.3) is 10.9 Å². The molecule has 0 radical (unpaired) electrons. The molecule has 3 N–H and O–H groups in total. The molecule has 0 saturated carbocycles. The van der Waals surface area contributed by atoms with E-state index in [-0.39, 0.29) is 5.91 Å². The number of carbonyl (C=O) groups excluding carboxylic acids is 1. The summed E-state index contributed by atoms with van der Waals surface area (Å²) in [5, 5.41) is 17.6. The number of rotatable bonds is 8. The van der Waals surface area contributed by atoms with Crippen molar-refractivity contribution in [1.29, 1.82) is 0 Å². The van der Waals surface area contributed by atoms with Crippen molar-refractivity contribution in [1.82, 2.24) is 25.8 Å². The summed E-state index contributed by atoms with van der Waals surface area (Å²) in [5.74, 6) is -0.136. The highest BCUT2D eigenvalue weighted by atomic mass is 32.1. The maximum atomic E-state index is 12.2. The number of hydrogen-bond acceptors (Lipinski definition) is 5. The third-order valence-corrected chi connectivity index (χ3v) is 5.35. The normalized spacial score (nSPS) is 11.0. The lowest BCUT2D eigenvalue weighted by atomic mass is 10.2. The number of fused-ring (bicyclic) bond motifs is 1. The van der Waals surface area contributed by atoms with Crippen LogP contribution in [0.5, 0.6) is 0 Å². The molecule has 4 rings (SSSR count). The second-order valence-corrected chi connectivity index (χ2v) is 7.38. The Morgan fingerprint density at radius 1 is 1.04 bits per heavy atom. The van der Waals surface area contributed by atoms with Crippen molar-refractivity contribution in [3.05, 3.63) is 81.9 Å². The first-order chi connectivity index (χ1) is 13.8. The van der Waals surface area contributed by atoms with Crippen LogP contribution in [0, 0.1) is 0 Å². The van der Waals surface area contributed by atoms with Gasteiger partial charge in [0, 0.05) is 36.8 Å². The summed E-state index contributed by atoms with van der Waals surface area (Å²) in [7, 11) is 0. The minimum absolute atomic E-state index is 0.136. The zero-order valence-corrected chi connectivity index (χ0v) is 16.1. The van der Waals surface area contributed by atoms with E-state index >= 15 is 0 Å². The molecule has 1 amide bonds. The molecule has 28 heavy (non-hydrogen) atoms. The molecule has 4 aromatic rings. The number of H-pyrrole nitrogens is 1. The van der Waals surface area contributed by atoms with E-state index in [1.165, 1.54) is 11.3 Å². The van der Waals surface area contributed by atoms with Gasteiger partial charge in [-0.15, -0.1) is 11.3 Å². The van der Waals surface area contributed by atoms with Crippen molar-refractivity contribution in [2.45, 2.75) is 19.5 Å². The van der Waals surface area contributed by atoms with E-state index < -0.39 is 0 Å².